The molecule has 0 N–H and O–H groups in total. The lowest BCUT2D eigenvalue weighted by Crippen LogP contribution is -2.29. The van der Waals surface area contributed by atoms with Crippen LogP contribution in [0.1, 0.15) is 63.4 Å². The molecule has 0 bridgehead atoms. The van der Waals surface area contributed by atoms with E-state index >= 15 is 0 Å². The van der Waals surface area contributed by atoms with Gasteiger partial charge in [0.2, 0.25) is 0 Å². The Morgan fingerprint density at radius 1 is 0.821 bits per heavy atom. The summed E-state index contributed by atoms with van der Waals surface area (Å²) in [6.45, 7) is 3.18. The van der Waals surface area contributed by atoms with E-state index in [1.807, 2.05) is 6.92 Å². The van der Waals surface area contributed by atoms with E-state index in [9.17, 15) is 8.42 Å². The van der Waals surface area contributed by atoms with Gasteiger partial charge in [-0.3, -0.25) is 4.18 Å². The number of hydrogen-bond donors (Lipinski definition) is 0. The van der Waals surface area contributed by atoms with Crippen LogP contribution < -0.4 is 0 Å². The summed E-state index contributed by atoms with van der Waals surface area (Å²) in [5.74, 6) is 0.760. The Bertz CT molecular complexity index is 671. The van der Waals surface area contributed by atoms with E-state index in [2.05, 4.69) is 0 Å². The van der Waals surface area contributed by atoms with Crippen molar-refractivity contribution < 1.29 is 22.1 Å². The molecule has 2 aliphatic rings. The SMILES string of the molecule is Cc1ccc(S(=O)(=O)OCCOC2CCC(OCC3CCCCC3)CC2)cc1. The summed E-state index contributed by atoms with van der Waals surface area (Å²) in [4.78, 5) is 0.189. The summed E-state index contributed by atoms with van der Waals surface area (Å²) in [6, 6.07) is 6.67. The van der Waals surface area contributed by atoms with Gasteiger partial charge in [-0.25, -0.2) is 0 Å². The van der Waals surface area contributed by atoms with E-state index in [0.29, 0.717) is 12.7 Å². The van der Waals surface area contributed by atoms with Crippen LogP contribution in [0.3, 0.4) is 0 Å². The minimum atomic E-state index is -3.71. The highest BCUT2D eigenvalue weighted by Crippen LogP contribution is 2.27. The zero-order chi connectivity index (χ0) is 19.8. The van der Waals surface area contributed by atoms with Crippen LogP contribution in [0.15, 0.2) is 29.2 Å². The smallest absolute Gasteiger partial charge is 0.297 e. The summed E-state index contributed by atoms with van der Waals surface area (Å²) < 4.78 is 41.4. The van der Waals surface area contributed by atoms with Gasteiger partial charge in [0.05, 0.1) is 30.3 Å². The number of hydrogen-bond acceptors (Lipinski definition) is 5. The van der Waals surface area contributed by atoms with E-state index in [1.54, 1.807) is 24.3 Å². The summed E-state index contributed by atoms with van der Waals surface area (Å²) in [7, 11) is -3.71. The second-order valence-corrected chi connectivity index (χ2v) is 9.81. The number of benzene rings is 1. The molecular formula is C22H34O5S. The molecule has 0 heterocycles. The normalized spacial score (nSPS) is 24.3. The molecule has 6 heteroatoms. The van der Waals surface area contributed by atoms with Gasteiger partial charge < -0.3 is 9.47 Å². The molecule has 1 aromatic rings. The van der Waals surface area contributed by atoms with Crippen molar-refractivity contribution in [1.82, 2.24) is 0 Å². The fourth-order valence-corrected chi connectivity index (χ4v) is 5.02. The first-order chi connectivity index (χ1) is 13.5. The number of aryl methyl sites for hydroxylation is 1. The molecule has 3 rings (SSSR count). The first-order valence-electron chi connectivity index (χ1n) is 10.7. The van der Waals surface area contributed by atoms with Crippen LogP contribution in [0, 0.1) is 12.8 Å². The molecule has 0 saturated heterocycles. The van der Waals surface area contributed by atoms with Crippen molar-refractivity contribution in [2.45, 2.75) is 81.8 Å². The first-order valence-corrected chi connectivity index (χ1v) is 12.1. The van der Waals surface area contributed by atoms with Crippen LogP contribution in [0.25, 0.3) is 0 Å². The van der Waals surface area contributed by atoms with Crippen molar-refractivity contribution in [3.05, 3.63) is 29.8 Å². The van der Waals surface area contributed by atoms with Crippen LogP contribution in [0.5, 0.6) is 0 Å². The molecule has 0 unspecified atom stereocenters. The van der Waals surface area contributed by atoms with Crippen molar-refractivity contribution in [2.24, 2.45) is 5.92 Å². The van der Waals surface area contributed by atoms with Gasteiger partial charge in [-0.15, -0.1) is 0 Å². The lowest BCUT2D eigenvalue weighted by atomic mass is 9.89. The highest BCUT2D eigenvalue weighted by atomic mass is 32.2. The maximum atomic E-state index is 12.1. The maximum Gasteiger partial charge on any atom is 0.297 e. The van der Waals surface area contributed by atoms with Crippen LogP contribution in [0.2, 0.25) is 0 Å². The van der Waals surface area contributed by atoms with Crippen molar-refractivity contribution in [2.75, 3.05) is 19.8 Å². The van der Waals surface area contributed by atoms with Gasteiger partial charge in [-0.1, -0.05) is 37.0 Å². The molecule has 5 nitrogen and oxygen atoms in total. The van der Waals surface area contributed by atoms with Crippen molar-refractivity contribution in [3.8, 4) is 0 Å². The van der Waals surface area contributed by atoms with E-state index in [0.717, 1.165) is 43.8 Å². The van der Waals surface area contributed by atoms with E-state index in [4.69, 9.17) is 13.7 Å². The first kappa shape index (κ1) is 21.8. The zero-order valence-electron chi connectivity index (χ0n) is 17.0. The summed E-state index contributed by atoms with van der Waals surface area (Å²) in [5.41, 5.74) is 1.01. The van der Waals surface area contributed by atoms with Crippen molar-refractivity contribution >= 4 is 10.1 Å². The fraction of sp³-hybridized carbons (Fsp3) is 0.727. The molecule has 0 radical (unpaired) electrons. The molecule has 2 aliphatic carbocycles. The molecule has 0 aliphatic heterocycles. The Morgan fingerprint density at radius 3 is 2.07 bits per heavy atom. The molecule has 0 atom stereocenters. The Balaban J connectivity index is 1.28. The third kappa shape index (κ3) is 6.83. The van der Waals surface area contributed by atoms with Crippen molar-refractivity contribution in [1.29, 1.82) is 0 Å². The minimum absolute atomic E-state index is 0.0499. The van der Waals surface area contributed by atoms with Gasteiger partial charge in [0.1, 0.15) is 0 Å². The quantitative estimate of drug-likeness (QED) is 0.439. The zero-order valence-corrected chi connectivity index (χ0v) is 17.8. The van der Waals surface area contributed by atoms with Crippen LogP contribution in [-0.4, -0.2) is 40.4 Å². The van der Waals surface area contributed by atoms with Gasteiger partial charge in [0.25, 0.3) is 10.1 Å². The lowest BCUT2D eigenvalue weighted by molar-refractivity contribution is -0.0464. The topological polar surface area (TPSA) is 61.8 Å². The largest absolute Gasteiger partial charge is 0.378 e. The molecule has 1 aromatic carbocycles. The monoisotopic (exact) mass is 410 g/mol. The van der Waals surface area contributed by atoms with E-state index in [1.165, 1.54) is 32.1 Å². The molecular weight excluding hydrogens is 376 g/mol. The molecule has 2 saturated carbocycles. The van der Waals surface area contributed by atoms with E-state index < -0.39 is 10.1 Å². The van der Waals surface area contributed by atoms with Crippen LogP contribution in [-0.2, 0) is 23.8 Å². The highest BCUT2D eigenvalue weighted by Gasteiger charge is 2.24. The van der Waals surface area contributed by atoms with Gasteiger partial charge in [0.15, 0.2) is 0 Å². The third-order valence-corrected chi connectivity index (χ3v) is 7.23. The second-order valence-electron chi connectivity index (χ2n) is 8.20. The average Bonchev–Trinajstić information content (AvgIpc) is 2.72. The average molecular weight is 411 g/mol. The molecule has 2 fully saturated rings. The highest BCUT2D eigenvalue weighted by molar-refractivity contribution is 7.86. The predicted molar refractivity (Wildman–Crippen MR) is 109 cm³/mol. The van der Waals surface area contributed by atoms with E-state index in [-0.39, 0.29) is 17.6 Å². The van der Waals surface area contributed by atoms with Crippen LogP contribution in [0.4, 0.5) is 0 Å². The van der Waals surface area contributed by atoms with Gasteiger partial charge in [-0.05, 0) is 63.5 Å². The molecule has 0 amide bonds. The lowest BCUT2D eigenvalue weighted by Gasteiger charge is -2.30. The third-order valence-electron chi connectivity index (χ3n) is 5.90. The Kier molecular flexibility index (Phi) is 8.33. The fourth-order valence-electron chi connectivity index (χ4n) is 4.12. The molecule has 28 heavy (non-hydrogen) atoms. The summed E-state index contributed by atoms with van der Waals surface area (Å²) in [5, 5.41) is 0. The Morgan fingerprint density at radius 2 is 1.43 bits per heavy atom. The second kappa shape index (κ2) is 10.7. The van der Waals surface area contributed by atoms with Crippen molar-refractivity contribution in [3.63, 3.8) is 0 Å². The Labute approximate surface area is 169 Å². The number of rotatable bonds is 9. The number of ether oxygens (including phenoxy) is 2. The van der Waals surface area contributed by atoms with Crippen LogP contribution >= 0.6 is 0 Å². The Hall–Kier alpha value is -0.950. The molecule has 158 valence electrons. The summed E-state index contributed by atoms with van der Waals surface area (Å²) in [6.07, 6.45) is 11.3. The standard InChI is InChI=1S/C22H34O5S/c1-18-7-13-22(14-8-18)28(23,24)27-16-15-25-20-9-11-21(12-10-20)26-17-19-5-3-2-4-6-19/h7-8,13-14,19-21H,2-6,9-12,15-17H2,1H3. The van der Waals surface area contributed by atoms with Gasteiger partial charge in [-0.2, -0.15) is 8.42 Å². The predicted octanol–water partition coefficient (Wildman–Crippen LogP) is 4.63. The van der Waals surface area contributed by atoms with Gasteiger partial charge in [0, 0.05) is 6.61 Å². The minimum Gasteiger partial charge on any atom is -0.378 e. The van der Waals surface area contributed by atoms with Gasteiger partial charge >= 0.3 is 0 Å². The maximum absolute atomic E-state index is 12.1. The molecule has 0 aromatic heterocycles. The molecule has 0 spiro atoms. The summed E-state index contributed by atoms with van der Waals surface area (Å²) >= 11 is 0.